The van der Waals surface area contributed by atoms with Gasteiger partial charge in [-0.05, 0) is 30.0 Å². The van der Waals surface area contributed by atoms with Crippen molar-refractivity contribution in [3.63, 3.8) is 0 Å². The summed E-state index contributed by atoms with van der Waals surface area (Å²) < 4.78 is 6.57. The van der Waals surface area contributed by atoms with Crippen LogP contribution >= 0.6 is 39.0 Å². The Kier molecular flexibility index (Phi) is 5.64. The summed E-state index contributed by atoms with van der Waals surface area (Å²) >= 11 is 6.41. The number of thioether (sulfide) groups is 1. The summed E-state index contributed by atoms with van der Waals surface area (Å²) in [6.45, 7) is 0. The van der Waals surface area contributed by atoms with E-state index < -0.39 is 0 Å². The third kappa shape index (κ3) is 4.53. The van der Waals surface area contributed by atoms with Gasteiger partial charge >= 0.3 is 0 Å². The minimum absolute atomic E-state index is 0.155. The largest absolute Gasteiger partial charge is 0.410 e. The molecular formula is C16H13BrN2O2S2. The molecule has 0 unspecified atom stereocenters. The van der Waals surface area contributed by atoms with Crippen LogP contribution in [0.4, 0.5) is 0 Å². The molecule has 0 fully saturated rings. The maximum atomic E-state index is 12.1. The van der Waals surface area contributed by atoms with Gasteiger partial charge in [-0.25, -0.2) is 0 Å². The highest BCUT2D eigenvalue weighted by atomic mass is 79.9. The second kappa shape index (κ2) is 7.90. The molecule has 0 aliphatic carbocycles. The van der Waals surface area contributed by atoms with Crippen LogP contribution in [0, 0.1) is 0 Å². The van der Waals surface area contributed by atoms with Crippen LogP contribution in [0.25, 0.3) is 10.8 Å². The van der Waals surface area contributed by atoms with Gasteiger partial charge in [-0.3, -0.25) is 4.79 Å². The molecule has 118 valence electrons. The van der Waals surface area contributed by atoms with Crippen molar-refractivity contribution in [3.05, 3.63) is 51.8 Å². The molecule has 3 rings (SSSR count). The monoisotopic (exact) mass is 408 g/mol. The topological polar surface area (TPSA) is 56.0 Å². The van der Waals surface area contributed by atoms with E-state index in [1.54, 1.807) is 11.3 Å². The molecule has 2 aromatic heterocycles. The van der Waals surface area contributed by atoms with Crippen LogP contribution in [-0.4, -0.2) is 21.7 Å². The van der Waals surface area contributed by atoms with E-state index in [1.807, 2.05) is 41.8 Å². The number of carbonyl (C=O) groups is 1. The zero-order valence-corrected chi connectivity index (χ0v) is 15.3. The minimum Gasteiger partial charge on any atom is -0.410 e. The fourth-order valence-corrected chi connectivity index (χ4v) is 3.55. The van der Waals surface area contributed by atoms with E-state index in [-0.39, 0.29) is 5.78 Å². The maximum Gasteiger partial charge on any atom is 0.276 e. The predicted octanol–water partition coefficient (Wildman–Crippen LogP) is 5.32. The minimum atomic E-state index is 0.155. The van der Waals surface area contributed by atoms with Gasteiger partial charge in [-0.1, -0.05) is 45.9 Å². The van der Waals surface area contributed by atoms with Gasteiger partial charge in [-0.15, -0.1) is 21.5 Å². The van der Waals surface area contributed by atoms with Gasteiger partial charge in [0, 0.05) is 22.2 Å². The van der Waals surface area contributed by atoms with Crippen LogP contribution in [0.5, 0.6) is 0 Å². The third-order valence-electron chi connectivity index (χ3n) is 3.08. The number of hydrogen-bond donors (Lipinski definition) is 0. The molecule has 4 nitrogen and oxygen atoms in total. The van der Waals surface area contributed by atoms with Crippen LogP contribution < -0.4 is 0 Å². The number of nitrogens with zero attached hydrogens (tertiary/aromatic N) is 2. The van der Waals surface area contributed by atoms with Crippen LogP contribution in [-0.2, 0) is 0 Å². The maximum absolute atomic E-state index is 12.1. The quantitative estimate of drug-likeness (QED) is 0.301. The van der Waals surface area contributed by atoms with Crippen LogP contribution in [0.3, 0.4) is 0 Å². The lowest BCUT2D eigenvalue weighted by atomic mass is 10.1. The normalized spacial score (nSPS) is 10.8. The summed E-state index contributed by atoms with van der Waals surface area (Å²) in [7, 11) is 0. The number of aromatic nitrogens is 2. The van der Waals surface area contributed by atoms with E-state index in [0.717, 1.165) is 27.1 Å². The summed E-state index contributed by atoms with van der Waals surface area (Å²) in [5, 5.41) is 10.6. The van der Waals surface area contributed by atoms with Crippen molar-refractivity contribution in [3.8, 4) is 10.8 Å². The molecule has 0 spiro atoms. The van der Waals surface area contributed by atoms with Crippen molar-refractivity contribution in [1.29, 1.82) is 0 Å². The van der Waals surface area contributed by atoms with E-state index in [1.165, 1.54) is 11.8 Å². The van der Waals surface area contributed by atoms with Crippen LogP contribution in [0.2, 0.25) is 0 Å². The lowest BCUT2D eigenvalue weighted by Gasteiger charge is -2.00. The number of ketones is 1. The first-order valence-corrected chi connectivity index (χ1v) is 9.67. The third-order valence-corrected chi connectivity index (χ3v) is 5.37. The average molecular weight is 409 g/mol. The first-order valence-electron chi connectivity index (χ1n) is 7.01. The standard InChI is InChI=1S/C16H13BrN2O2S2/c17-12-7-5-11(6-8-12)13(20)3-1-10-23-16-19-18-15(21-16)14-4-2-9-22-14/h2,4-9H,1,3,10H2. The molecule has 23 heavy (non-hydrogen) atoms. The molecule has 2 heterocycles. The van der Waals surface area contributed by atoms with Gasteiger partial charge < -0.3 is 4.42 Å². The van der Waals surface area contributed by atoms with Gasteiger partial charge in [-0.2, -0.15) is 0 Å². The lowest BCUT2D eigenvalue weighted by molar-refractivity contribution is 0.0982. The van der Waals surface area contributed by atoms with Gasteiger partial charge in [0.05, 0.1) is 4.88 Å². The number of thiophene rings is 1. The molecule has 0 aliphatic heterocycles. The molecule has 0 saturated heterocycles. The first-order chi connectivity index (χ1) is 11.2. The smallest absolute Gasteiger partial charge is 0.276 e. The fourth-order valence-electron chi connectivity index (χ4n) is 1.94. The second-order valence-electron chi connectivity index (χ2n) is 4.73. The Morgan fingerprint density at radius 3 is 2.78 bits per heavy atom. The Morgan fingerprint density at radius 2 is 2.04 bits per heavy atom. The number of Topliss-reactive ketones (excluding diaryl/α,β-unsaturated/α-hetero) is 1. The van der Waals surface area contributed by atoms with Gasteiger partial charge in [0.2, 0.25) is 0 Å². The van der Waals surface area contributed by atoms with Crippen molar-refractivity contribution in [2.24, 2.45) is 0 Å². The van der Waals surface area contributed by atoms with Crippen molar-refractivity contribution in [2.45, 2.75) is 18.1 Å². The summed E-state index contributed by atoms with van der Waals surface area (Å²) in [6.07, 6.45) is 1.29. The Balaban J connectivity index is 1.45. The fraction of sp³-hybridized carbons (Fsp3) is 0.188. The van der Waals surface area contributed by atoms with E-state index in [0.29, 0.717) is 17.5 Å². The molecule has 0 aliphatic rings. The highest BCUT2D eigenvalue weighted by Crippen LogP contribution is 2.27. The van der Waals surface area contributed by atoms with Crippen LogP contribution in [0.15, 0.2) is 55.9 Å². The Bertz CT molecular complexity index is 770. The molecule has 0 atom stereocenters. The summed E-state index contributed by atoms with van der Waals surface area (Å²) in [4.78, 5) is 13.0. The molecular weight excluding hydrogens is 396 g/mol. The summed E-state index contributed by atoms with van der Waals surface area (Å²) in [5.74, 6) is 1.48. The van der Waals surface area contributed by atoms with Crippen molar-refractivity contribution in [1.82, 2.24) is 10.2 Å². The lowest BCUT2D eigenvalue weighted by Crippen LogP contribution is -1.99. The zero-order valence-electron chi connectivity index (χ0n) is 12.1. The highest BCUT2D eigenvalue weighted by molar-refractivity contribution is 9.10. The molecule has 1 aromatic carbocycles. The number of halogens is 1. The summed E-state index contributed by atoms with van der Waals surface area (Å²) in [6, 6.07) is 11.3. The number of carbonyl (C=O) groups excluding carboxylic acids is 1. The predicted molar refractivity (Wildman–Crippen MR) is 96.0 cm³/mol. The highest BCUT2D eigenvalue weighted by Gasteiger charge is 2.10. The molecule has 0 amide bonds. The van der Waals surface area contributed by atoms with Gasteiger partial charge in [0.25, 0.3) is 11.1 Å². The number of benzene rings is 1. The Morgan fingerprint density at radius 1 is 1.22 bits per heavy atom. The van der Waals surface area contributed by atoms with E-state index in [4.69, 9.17) is 4.42 Å². The molecule has 0 radical (unpaired) electrons. The number of hydrogen-bond acceptors (Lipinski definition) is 6. The summed E-state index contributed by atoms with van der Waals surface area (Å²) in [5.41, 5.74) is 0.746. The molecule has 0 bridgehead atoms. The molecule has 0 N–H and O–H groups in total. The van der Waals surface area contributed by atoms with E-state index >= 15 is 0 Å². The zero-order chi connectivity index (χ0) is 16.1. The first kappa shape index (κ1) is 16.4. The Hall–Kier alpha value is -1.44. The van der Waals surface area contributed by atoms with Crippen molar-refractivity contribution >= 4 is 44.8 Å². The second-order valence-corrected chi connectivity index (χ2v) is 7.64. The number of rotatable bonds is 7. The average Bonchev–Trinajstić information content (AvgIpc) is 3.23. The van der Waals surface area contributed by atoms with Crippen molar-refractivity contribution < 1.29 is 9.21 Å². The van der Waals surface area contributed by atoms with Crippen LogP contribution in [0.1, 0.15) is 23.2 Å². The van der Waals surface area contributed by atoms with E-state index in [2.05, 4.69) is 26.1 Å². The molecule has 7 heteroatoms. The van der Waals surface area contributed by atoms with Gasteiger partial charge in [0.15, 0.2) is 5.78 Å². The van der Waals surface area contributed by atoms with E-state index in [9.17, 15) is 4.79 Å². The SMILES string of the molecule is O=C(CCCSc1nnc(-c2cccs2)o1)c1ccc(Br)cc1. The Labute approximate surface area is 150 Å². The molecule has 3 aromatic rings. The molecule has 0 saturated carbocycles. The van der Waals surface area contributed by atoms with Crippen molar-refractivity contribution in [2.75, 3.05) is 5.75 Å². The van der Waals surface area contributed by atoms with Gasteiger partial charge in [0.1, 0.15) is 0 Å².